The van der Waals surface area contributed by atoms with Gasteiger partial charge in [0.05, 0.1) is 41.8 Å². The van der Waals surface area contributed by atoms with Gasteiger partial charge in [-0.2, -0.15) is 0 Å². The maximum Gasteiger partial charge on any atom is 0.241 e. The zero-order chi connectivity index (χ0) is 21.4. The molecular formula is C23H28N6O2. The number of H-pyrrole nitrogens is 1. The van der Waals surface area contributed by atoms with Crippen LogP contribution in [0.15, 0.2) is 36.8 Å². The van der Waals surface area contributed by atoms with Gasteiger partial charge in [-0.25, -0.2) is 14.5 Å². The number of benzene rings is 1. The first-order valence-electron chi connectivity index (χ1n) is 10.9. The third-order valence-electron chi connectivity index (χ3n) is 6.18. The second-order valence-corrected chi connectivity index (χ2v) is 8.50. The molecule has 8 heteroatoms. The van der Waals surface area contributed by atoms with E-state index in [0.717, 1.165) is 53.4 Å². The van der Waals surface area contributed by atoms with E-state index >= 15 is 0 Å². The van der Waals surface area contributed by atoms with Gasteiger partial charge in [-0.3, -0.25) is 0 Å². The molecular weight excluding hydrogens is 392 g/mol. The number of nitrogens with one attached hydrogen (secondary N) is 2. The molecule has 0 amide bonds. The summed E-state index contributed by atoms with van der Waals surface area (Å²) in [7, 11) is 1.69. The van der Waals surface area contributed by atoms with Crippen LogP contribution in [0.2, 0.25) is 0 Å². The van der Waals surface area contributed by atoms with Crippen LogP contribution in [0.3, 0.4) is 0 Å². The van der Waals surface area contributed by atoms with Crippen LogP contribution >= 0.6 is 0 Å². The molecule has 0 unspecified atom stereocenters. The van der Waals surface area contributed by atoms with Gasteiger partial charge in [0.25, 0.3) is 0 Å². The molecule has 3 heterocycles. The summed E-state index contributed by atoms with van der Waals surface area (Å²) < 4.78 is 7.25. The number of aromatic amines is 1. The van der Waals surface area contributed by atoms with Crippen LogP contribution in [0.4, 0.5) is 5.95 Å². The quantitative estimate of drug-likeness (QED) is 0.439. The molecule has 0 saturated heterocycles. The number of hydrogen-bond donors (Lipinski definition) is 3. The molecule has 1 aliphatic rings. The Hall–Kier alpha value is -2.97. The van der Waals surface area contributed by atoms with E-state index in [1.807, 2.05) is 17.6 Å². The van der Waals surface area contributed by atoms with E-state index in [1.165, 1.54) is 5.69 Å². The van der Waals surface area contributed by atoms with Crippen LogP contribution in [-0.4, -0.2) is 55.5 Å². The van der Waals surface area contributed by atoms with Crippen LogP contribution in [-0.2, 0) is 4.74 Å². The molecule has 5 rings (SSSR count). The molecule has 162 valence electrons. The Bertz CT molecular complexity index is 1190. The summed E-state index contributed by atoms with van der Waals surface area (Å²) in [4.78, 5) is 12.1. The first-order valence-corrected chi connectivity index (χ1v) is 10.9. The Labute approximate surface area is 180 Å². The summed E-state index contributed by atoms with van der Waals surface area (Å²) in [6.07, 6.45) is 6.98. The minimum Gasteiger partial charge on any atom is -0.393 e. The van der Waals surface area contributed by atoms with E-state index in [4.69, 9.17) is 9.84 Å². The van der Waals surface area contributed by atoms with Gasteiger partial charge in [-0.05, 0) is 56.4 Å². The minimum absolute atomic E-state index is 0.104. The molecule has 3 aromatic heterocycles. The van der Waals surface area contributed by atoms with Crippen LogP contribution in [0.5, 0.6) is 0 Å². The van der Waals surface area contributed by atoms with Crippen LogP contribution in [0.1, 0.15) is 44.2 Å². The highest BCUT2D eigenvalue weighted by molar-refractivity contribution is 5.87. The monoisotopic (exact) mass is 420 g/mol. The number of anilines is 1. The van der Waals surface area contributed by atoms with Gasteiger partial charge in [0.15, 0.2) is 0 Å². The van der Waals surface area contributed by atoms with Crippen molar-refractivity contribution in [3.05, 3.63) is 42.5 Å². The van der Waals surface area contributed by atoms with Gasteiger partial charge < -0.3 is 20.1 Å². The molecule has 3 N–H and O–H groups in total. The number of methoxy groups -OCH3 is 1. The van der Waals surface area contributed by atoms with E-state index in [9.17, 15) is 5.11 Å². The number of rotatable bonds is 6. The Morgan fingerprint density at radius 2 is 2.06 bits per heavy atom. The maximum absolute atomic E-state index is 9.98. The highest BCUT2D eigenvalue weighted by Gasteiger charge is 2.25. The topological polar surface area (TPSA) is 100 Å². The van der Waals surface area contributed by atoms with Crippen molar-refractivity contribution in [2.45, 2.75) is 50.7 Å². The summed E-state index contributed by atoms with van der Waals surface area (Å²) in [6.45, 7) is 2.62. The number of aliphatic hydroxyl groups is 1. The zero-order valence-corrected chi connectivity index (χ0v) is 17.9. The van der Waals surface area contributed by atoms with E-state index in [-0.39, 0.29) is 12.1 Å². The summed E-state index contributed by atoms with van der Waals surface area (Å²) >= 11 is 0. The van der Waals surface area contributed by atoms with Gasteiger partial charge in [-0.1, -0.05) is 6.07 Å². The molecule has 1 atom stereocenters. The van der Waals surface area contributed by atoms with Gasteiger partial charge in [0.2, 0.25) is 5.95 Å². The predicted octanol–water partition coefficient (Wildman–Crippen LogP) is 3.74. The fourth-order valence-electron chi connectivity index (χ4n) is 4.59. The molecule has 0 bridgehead atoms. The maximum atomic E-state index is 9.98. The average molecular weight is 421 g/mol. The van der Waals surface area contributed by atoms with Crippen LogP contribution in [0.25, 0.3) is 27.7 Å². The largest absolute Gasteiger partial charge is 0.393 e. The van der Waals surface area contributed by atoms with Crippen molar-refractivity contribution in [2.75, 3.05) is 19.0 Å². The fraction of sp³-hybridized carbons (Fsp3) is 0.435. The highest BCUT2D eigenvalue weighted by atomic mass is 16.5. The molecule has 31 heavy (non-hydrogen) atoms. The van der Waals surface area contributed by atoms with Crippen molar-refractivity contribution in [1.82, 2.24) is 24.6 Å². The predicted molar refractivity (Wildman–Crippen MR) is 120 cm³/mol. The number of aromatic nitrogens is 5. The lowest BCUT2D eigenvalue weighted by Gasteiger charge is -2.25. The molecule has 8 nitrogen and oxygen atoms in total. The smallest absolute Gasteiger partial charge is 0.241 e. The molecule has 1 aromatic carbocycles. The normalized spacial score (nSPS) is 20.4. The molecule has 1 saturated carbocycles. The lowest BCUT2D eigenvalue weighted by molar-refractivity contribution is 0.121. The lowest BCUT2D eigenvalue weighted by atomic mass is 9.85. The lowest BCUT2D eigenvalue weighted by Crippen LogP contribution is -2.23. The van der Waals surface area contributed by atoms with E-state index in [2.05, 4.69) is 44.5 Å². The Kier molecular flexibility index (Phi) is 5.33. The number of imidazole rings is 1. The first kappa shape index (κ1) is 20.0. The number of fused-ring (bicyclic) bond motifs is 2. The highest BCUT2D eigenvalue weighted by Crippen LogP contribution is 2.38. The molecule has 1 fully saturated rings. The Morgan fingerprint density at radius 1 is 1.23 bits per heavy atom. The zero-order valence-electron chi connectivity index (χ0n) is 17.9. The van der Waals surface area contributed by atoms with Crippen molar-refractivity contribution in [3.63, 3.8) is 0 Å². The van der Waals surface area contributed by atoms with Crippen molar-refractivity contribution in [1.29, 1.82) is 0 Å². The van der Waals surface area contributed by atoms with Crippen molar-refractivity contribution < 1.29 is 9.84 Å². The number of aliphatic hydroxyl groups excluding tert-OH is 1. The van der Waals surface area contributed by atoms with Crippen molar-refractivity contribution in [2.24, 2.45) is 0 Å². The minimum atomic E-state index is -0.189. The van der Waals surface area contributed by atoms with E-state index < -0.39 is 0 Å². The molecule has 4 aromatic rings. The molecule has 0 spiro atoms. The SMILES string of the molecule is COC[C@H](C)Nc1ncc2c(-c3ccc4[nH]cnc4c3)cc([C@H]3CC[C@H](O)CC3)n2n1. The standard InChI is InChI=1S/C23H28N6O2/c1-14(12-31-2)27-23-24-11-22-18(16-5-8-19-20(9-16)26-13-25-19)10-21(29(22)28-23)15-3-6-17(30)7-4-15/h5,8-11,13-15,17,30H,3-4,6-7,12H2,1-2H3,(H,25,26)(H,27,28)/t14-,15-,17-/m0/s1. The molecule has 0 radical (unpaired) electrons. The second kappa shape index (κ2) is 8.28. The van der Waals surface area contributed by atoms with E-state index in [1.54, 1.807) is 13.4 Å². The molecule has 0 aliphatic heterocycles. The average Bonchev–Trinajstić information content (AvgIpc) is 3.38. The fourth-order valence-corrected chi connectivity index (χ4v) is 4.59. The first-order chi connectivity index (χ1) is 15.1. The van der Waals surface area contributed by atoms with Gasteiger partial charge in [0.1, 0.15) is 0 Å². The second-order valence-electron chi connectivity index (χ2n) is 8.50. The third-order valence-corrected chi connectivity index (χ3v) is 6.18. The summed E-state index contributed by atoms with van der Waals surface area (Å²) in [5, 5.41) is 18.1. The summed E-state index contributed by atoms with van der Waals surface area (Å²) in [5.74, 6) is 0.942. The Balaban J connectivity index is 1.60. The molecule has 1 aliphatic carbocycles. The van der Waals surface area contributed by atoms with Gasteiger partial charge in [0, 0.05) is 30.3 Å². The number of hydrogen-bond acceptors (Lipinski definition) is 6. The van der Waals surface area contributed by atoms with E-state index in [0.29, 0.717) is 18.5 Å². The summed E-state index contributed by atoms with van der Waals surface area (Å²) in [6, 6.07) is 8.61. The van der Waals surface area contributed by atoms with Crippen molar-refractivity contribution >= 4 is 22.5 Å². The van der Waals surface area contributed by atoms with Crippen molar-refractivity contribution in [3.8, 4) is 11.1 Å². The van der Waals surface area contributed by atoms with Gasteiger partial charge in [-0.15, -0.1) is 5.10 Å². The number of ether oxygens (including phenoxy) is 1. The van der Waals surface area contributed by atoms with Crippen LogP contribution < -0.4 is 5.32 Å². The third kappa shape index (κ3) is 3.88. The Morgan fingerprint density at radius 3 is 2.87 bits per heavy atom. The summed E-state index contributed by atoms with van der Waals surface area (Å²) in [5.41, 5.74) is 6.29. The van der Waals surface area contributed by atoms with Crippen LogP contribution in [0, 0.1) is 0 Å². The van der Waals surface area contributed by atoms with Gasteiger partial charge >= 0.3 is 0 Å². The number of nitrogens with zero attached hydrogens (tertiary/aromatic N) is 4.